The number of likely N-dealkylation sites (N-methyl/N-ethyl adjacent to an activating group) is 2. The van der Waals surface area contributed by atoms with Crippen LogP contribution < -0.4 is 5.32 Å². The van der Waals surface area contributed by atoms with Crippen molar-refractivity contribution in [3.63, 3.8) is 0 Å². The van der Waals surface area contributed by atoms with E-state index in [1.165, 1.54) is 6.42 Å². The van der Waals surface area contributed by atoms with Gasteiger partial charge in [-0.3, -0.25) is 14.5 Å². The first-order chi connectivity index (χ1) is 18.2. The molecule has 0 saturated carbocycles. The summed E-state index contributed by atoms with van der Waals surface area (Å²) in [6.45, 7) is 3.25. The first-order valence-corrected chi connectivity index (χ1v) is 14.5. The second-order valence-corrected chi connectivity index (χ2v) is 11.9. The highest BCUT2D eigenvalue weighted by Gasteiger charge is 2.48. The van der Waals surface area contributed by atoms with Gasteiger partial charge < -0.3 is 20.1 Å². The number of carbonyl (C=O) groups excluding carboxylic acids is 2. The predicted octanol–water partition coefficient (Wildman–Crippen LogP) is 5.02. The monoisotopic (exact) mass is 561 g/mol. The summed E-state index contributed by atoms with van der Waals surface area (Å²) in [6.07, 6.45) is 10.4. The van der Waals surface area contributed by atoms with Crippen LogP contribution in [0.5, 0.6) is 0 Å². The molecule has 2 amide bonds. The highest BCUT2D eigenvalue weighted by molar-refractivity contribution is 6.42. The predicted molar refractivity (Wildman–Crippen MR) is 154 cm³/mol. The van der Waals surface area contributed by atoms with Gasteiger partial charge in [0.15, 0.2) is 0 Å². The van der Waals surface area contributed by atoms with Crippen molar-refractivity contribution in [2.45, 2.75) is 62.4 Å². The molecule has 0 aliphatic carbocycles. The molecule has 2 saturated heterocycles. The highest BCUT2D eigenvalue weighted by atomic mass is 35.5. The van der Waals surface area contributed by atoms with Gasteiger partial charge in [-0.05, 0) is 81.9 Å². The van der Waals surface area contributed by atoms with E-state index in [9.17, 15) is 9.59 Å². The average molecular weight is 563 g/mol. The second kappa shape index (κ2) is 12.9. The van der Waals surface area contributed by atoms with E-state index in [4.69, 9.17) is 23.2 Å². The molecule has 38 heavy (non-hydrogen) atoms. The number of halogens is 2. The molecule has 208 valence electrons. The summed E-state index contributed by atoms with van der Waals surface area (Å²) in [6, 6.07) is 7.92. The van der Waals surface area contributed by atoms with Gasteiger partial charge in [0.1, 0.15) is 5.54 Å². The smallest absolute Gasteiger partial charge is 0.255 e. The van der Waals surface area contributed by atoms with E-state index in [2.05, 4.69) is 15.2 Å². The Balaban J connectivity index is 1.56. The molecule has 2 unspecified atom stereocenters. The maximum Gasteiger partial charge on any atom is 0.255 e. The SMILES string of the molecule is CN(C)C(=O)C1(N2CCCCC2CCC(CN(C)C(=O)c2cc[nH]c2)c2ccc(Cl)c(Cl)c2)CCNCC1. The topological polar surface area (TPSA) is 71.7 Å². The molecule has 0 radical (unpaired) electrons. The van der Waals surface area contributed by atoms with E-state index in [0.717, 1.165) is 63.7 Å². The number of nitrogens with one attached hydrogen (secondary N) is 2. The number of piperidine rings is 2. The average Bonchev–Trinajstić information content (AvgIpc) is 3.47. The molecule has 2 fully saturated rings. The van der Waals surface area contributed by atoms with Crippen LogP contribution in [0.3, 0.4) is 0 Å². The van der Waals surface area contributed by atoms with Gasteiger partial charge in [0.2, 0.25) is 5.91 Å². The van der Waals surface area contributed by atoms with Crippen LogP contribution in [0.2, 0.25) is 10.0 Å². The number of hydrogen-bond donors (Lipinski definition) is 2. The van der Waals surface area contributed by atoms with E-state index >= 15 is 0 Å². The van der Waals surface area contributed by atoms with Crippen molar-refractivity contribution in [1.29, 1.82) is 0 Å². The summed E-state index contributed by atoms with van der Waals surface area (Å²) in [5, 5.41) is 4.51. The Morgan fingerprint density at radius 3 is 2.53 bits per heavy atom. The van der Waals surface area contributed by atoms with Crippen molar-refractivity contribution in [2.24, 2.45) is 0 Å². The molecule has 3 heterocycles. The minimum absolute atomic E-state index is 0.0131. The Kier molecular flexibility index (Phi) is 9.79. The number of rotatable bonds is 9. The zero-order valence-electron chi connectivity index (χ0n) is 22.8. The van der Waals surface area contributed by atoms with Crippen molar-refractivity contribution >= 4 is 35.0 Å². The van der Waals surface area contributed by atoms with Gasteiger partial charge in [0.05, 0.1) is 15.6 Å². The van der Waals surface area contributed by atoms with E-state index in [0.29, 0.717) is 28.2 Å². The van der Waals surface area contributed by atoms with Crippen LogP contribution in [0, 0.1) is 0 Å². The molecule has 7 nitrogen and oxygen atoms in total. The quantitative estimate of drug-likeness (QED) is 0.450. The summed E-state index contributed by atoms with van der Waals surface area (Å²) in [7, 11) is 5.61. The van der Waals surface area contributed by atoms with Gasteiger partial charge in [-0.2, -0.15) is 0 Å². The Morgan fingerprint density at radius 2 is 1.87 bits per heavy atom. The number of amides is 2. The molecule has 1 aromatic heterocycles. The largest absolute Gasteiger partial charge is 0.367 e. The molecule has 2 aliphatic rings. The minimum Gasteiger partial charge on any atom is -0.367 e. The van der Waals surface area contributed by atoms with Crippen molar-refractivity contribution in [3.05, 3.63) is 57.8 Å². The van der Waals surface area contributed by atoms with Gasteiger partial charge in [0.25, 0.3) is 5.91 Å². The van der Waals surface area contributed by atoms with Crippen LogP contribution >= 0.6 is 23.2 Å². The van der Waals surface area contributed by atoms with Crippen molar-refractivity contribution in [1.82, 2.24) is 25.0 Å². The molecule has 0 spiro atoms. The third kappa shape index (κ3) is 6.39. The molecule has 1 aromatic carbocycles. The number of hydrogen-bond acceptors (Lipinski definition) is 4. The van der Waals surface area contributed by atoms with Crippen LogP contribution in [0.15, 0.2) is 36.7 Å². The molecule has 9 heteroatoms. The molecule has 2 N–H and O–H groups in total. The Labute approximate surface area is 236 Å². The minimum atomic E-state index is -0.444. The lowest BCUT2D eigenvalue weighted by Gasteiger charge is -2.51. The Hall–Kier alpha value is -2.06. The lowest BCUT2D eigenvalue weighted by molar-refractivity contribution is -0.148. The number of nitrogens with zero attached hydrogens (tertiary/aromatic N) is 3. The van der Waals surface area contributed by atoms with Crippen LogP contribution in [0.25, 0.3) is 0 Å². The molecule has 2 aromatic rings. The lowest BCUT2D eigenvalue weighted by atomic mass is 9.80. The van der Waals surface area contributed by atoms with Crippen LogP contribution in [0.1, 0.15) is 66.8 Å². The van der Waals surface area contributed by atoms with Crippen molar-refractivity contribution in [3.8, 4) is 0 Å². The molecular weight excluding hydrogens is 521 g/mol. The summed E-state index contributed by atoms with van der Waals surface area (Å²) >= 11 is 12.7. The van der Waals surface area contributed by atoms with Gasteiger partial charge in [-0.25, -0.2) is 0 Å². The third-order valence-electron chi connectivity index (χ3n) is 8.36. The number of H-pyrrole nitrogens is 1. The number of benzene rings is 1. The molecule has 0 bridgehead atoms. The molecule has 4 rings (SSSR count). The summed E-state index contributed by atoms with van der Waals surface area (Å²) in [5.74, 6) is 0.305. The first kappa shape index (κ1) is 28.9. The highest BCUT2D eigenvalue weighted by Crippen LogP contribution is 2.37. The second-order valence-electron chi connectivity index (χ2n) is 11.1. The van der Waals surface area contributed by atoms with Gasteiger partial charge in [-0.15, -0.1) is 0 Å². The van der Waals surface area contributed by atoms with Gasteiger partial charge in [-0.1, -0.05) is 35.7 Å². The van der Waals surface area contributed by atoms with Crippen LogP contribution in [-0.4, -0.2) is 90.4 Å². The normalized spacial score (nSPS) is 20.6. The van der Waals surface area contributed by atoms with E-state index in [1.807, 2.05) is 39.3 Å². The number of aromatic amines is 1. The number of aromatic nitrogens is 1. The first-order valence-electron chi connectivity index (χ1n) is 13.8. The summed E-state index contributed by atoms with van der Waals surface area (Å²) in [5.41, 5.74) is 1.28. The zero-order chi connectivity index (χ0) is 27.3. The fraction of sp³-hybridized carbons (Fsp3) is 0.586. The number of likely N-dealkylation sites (tertiary alicyclic amines) is 1. The van der Waals surface area contributed by atoms with Crippen molar-refractivity contribution in [2.75, 3.05) is 47.3 Å². The molecule has 2 aliphatic heterocycles. The fourth-order valence-electron chi connectivity index (χ4n) is 6.36. The van der Waals surface area contributed by atoms with Crippen LogP contribution in [0.4, 0.5) is 0 Å². The standard InChI is InChI=1S/C29H41Cl2N5O2/c1-34(2)28(38)29(12-15-32-16-13-29)36-17-5-4-6-24(36)9-7-23(21-8-10-25(30)26(31)18-21)20-35(3)27(37)22-11-14-33-19-22/h8,10-11,14,18-19,23-24,32-33H,4-7,9,12-13,15-17,20H2,1-3H3. The number of carbonyl (C=O) groups is 2. The maximum atomic E-state index is 13.6. The third-order valence-corrected chi connectivity index (χ3v) is 9.10. The fourth-order valence-corrected chi connectivity index (χ4v) is 6.67. The lowest BCUT2D eigenvalue weighted by Crippen LogP contribution is -2.66. The van der Waals surface area contributed by atoms with E-state index in [1.54, 1.807) is 28.3 Å². The van der Waals surface area contributed by atoms with Crippen molar-refractivity contribution < 1.29 is 9.59 Å². The summed E-state index contributed by atoms with van der Waals surface area (Å²) in [4.78, 5) is 35.7. The maximum absolute atomic E-state index is 13.6. The van der Waals surface area contributed by atoms with E-state index in [-0.39, 0.29) is 17.7 Å². The van der Waals surface area contributed by atoms with E-state index < -0.39 is 5.54 Å². The summed E-state index contributed by atoms with van der Waals surface area (Å²) < 4.78 is 0. The Morgan fingerprint density at radius 1 is 1.11 bits per heavy atom. The van der Waals surface area contributed by atoms with Gasteiger partial charge >= 0.3 is 0 Å². The zero-order valence-corrected chi connectivity index (χ0v) is 24.3. The molecular formula is C29H41Cl2N5O2. The van der Waals surface area contributed by atoms with Gasteiger partial charge in [0, 0.05) is 52.0 Å². The molecule has 2 atom stereocenters. The Bertz CT molecular complexity index is 1080. The van der Waals surface area contributed by atoms with Crippen LogP contribution in [-0.2, 0) is 4.79 Å².